The average molecular weight is 271 g/mol. The molecule has 104 valence electrons. The Hall–Kier alpha value is -0.0900. The van der Waals surface area contributed by atoms with Gasteiger partial charge in [-0.25, -0.2) is 8.42 Å². The van der Waals surface area contributed by atoms with Crippen LogP contribution in [0.15, 0.2) is 0 Å². The Kier molecular flexibility index (Phi) is 3.43. The molecule has 3 saturated carbocycles. The molecule has 1 N–H and O–H groups in total. The summed E-state index contributed by atoms with van der Waals surface area (Å²) in [6.07, 6.45) is 7.03. The van der Waals surface area contributed by atoms with Crippen molar-refractivity contribution in [3.63, 3.8) is 0 Å². The van der Waals surface area contributed by atoms with Crippen LogP contribution in [0.25, 0.3) is 0 Å². The van der Waals surface area contributed by atoms with Gasteiger partial charge in [0.25, 0.3) is 0 Å². The molecule has 0 heterocycles. The Bertz CT molecular complexity index is 406. The van der Waals surface area contributed by atoms with Gasteiger partial charge < -0.3 is 5.32 Å². The van der Waals surface area contributed by atoms with Crippen LogP contribution in [0.2, 0.25) is 0 Å². The maximum Gasteiger partial charge on any atom is 0.151 e. The predicted molar refractivity (Wildman–Crippen MR) is 73.2 cm³/mol. The normalized spacial score (nSPS) is 42.4. The van der Waals surface area contributed by atoms with Gasteiger partial charge in [-0.2, -0.15) is 0 Å². The lowest BCUT2D eigenvalue weighted by Gasteiger charge is -2.32. The molecule has 0 unspecified atom stereocenters. The molecular formula is C14H25NO2S. The van der Waals surface area contributed by atoms with Crippen molar-refractivity contribution < 1.29 is 8.42 Å². The van der Waals surface area contributed by atoms with Gasteiger partial charge in [-0.05, 0) is 49.4 Å². The molecule has 3 fully saturated rings. The standard InChI is InChI=1S/C14H25NO2S/c1-2-18(16,17)7-6-15-14-9-10-8-13(14)12-5-3-4-11(10)12/h10-15H,2-9H2,1H3/t10-,11-,12+,13+,14+/m0/s1. The van der Waals surface area contributed by atoms with Gasteiger partial charge in [0.1, 0.15) is 0 Å². The second-order valence-electron chi connectivity index (χ2n) is 6.45. The number of fused-ring (bicyclic) bond motifs is 5. The van der Waals surface area contributed by atoms with E-state index < -0.39 is 9.84 Å². The van der Waals surface area contributed by atoms with E-state index in [0.29, 0.717) is 18.3 Å². The van der Waals surface area contributed by atoms with Crippen molar-refractivity contribution >= 4 is 9.84 Å². The minimum Gasteiger partial charge on any atom is -0.313 e. The lowest BCUT2D eigenvalue weighted by Crippen LogP contribution is -2.41. The number of hydrogen-bond acceptors (Lipinski definition) is 3. The van der Waals surface area contributed by atoms with Crippen LogP contribution < -0.4 is 5.32 Å². The summed E-state index contributed by atoms with van der Waals surface area (Å²) >= 11 is 0. The van der Waals surface area contributed by atoms with Gasteiger partial charge in [-0.3, -0.25) is 0 Å². The number of sulfone groups is 1. The fourth-order valence-corrected chi connectivity index (χ4v) is 5.56. The third kappa shape index (κ3) is 2.22. The highest BCUT2D eigenvalue weighted by Crippen LogP contribution is 2.58. The van der Waals surface area contributed by atoms with E-state index >= 15 is 0 Å². The van der Waals surface area contributed by atoms with Crippen molar-refractivity contribution in [1.82, 2.24) is 5.32 Å². The van der Waals surface area contributed by atoms with Gasteiger partial charge in [0.05, 0.1) is 5.75 Å². The third-order valence-corrected chi connectivity index (χ3v) is 7.39. The van der Waals surface area contributed by atoms with Crippen molar-refractivity contribution in [1.29, 1.82) is 0 Å². The molecule has 18 heavy (non-hydrogen) atoms. The average Bonchev–Trinajstić information content (AvgIpc) is 3.00. The van der Waals surface area contributed by atoms with Gasteiger partial charge in [0.2, 0.25) is 0 Å². The molecule has 0 saturated heterocycles. The van der Waals surface area contributed by atoms with E-state index in [1.165, 1.54) is 32.1 Å². The van der Waals surface area contributed by atoms with Crippen molar-refractivity contribution in [2.75, 3.05) is 18.1 Å². The zero-order chi connectivity index (χ0) is 12.8. The first kappa shape index (κ1) is 12.9. The van der Waals surface area contributed by atoms with Gasteiger partial charge >= 0.3 is 0 Å². The highest BCUT2D eigenvalue weighted by atomic mass is 32.2. The van der Waals surface area contributed by atoms with Crippen molar-refractivity contribution in [2.24, 2.45) is 23.7 Å². The lowest BCUT2D eigenvalue weighted by atomic mass is 9.79. The molecule has 0 spiro atoms. The Morgan fingerprint density at radius 3 is 2.67 bits per heavy atom. The summed E-state index contributed by atoms with van der Waals surface area (Å²) in [4.78, 5) is 0. The highest BCUT2D eigenvalue weighted by Gasteiger charge is 2.53. The van der Waals surface area contributed by atoms with Crippen LogP contribution in [0.5, 0.6) is 0 Å². The first-order valence-electron chi connectivity index (χ1n) is 7.54. The van der Waals surface area contributed by atoms with Gasteiger partial charge in [-0.1, -0.05) is 13.3 Å². The maximum atomic E-state index is 11.5. The van der Waals surface area contributed by atoms with Crippen molar-refractivity contribution in [3.05, 3.63) is 0 Å². The number of rotatable bonds is 5. The molecule has 4 heteroatoms. The molecule has 3 nitrogen and oxygen atoms in total. The molecule has 0 aromatic rings. The first-order valence-corrected chi connectivity index (χ1v) is 9.36. The van der Waals surface area contributed by atoms with Crippen LogP contribution in [-0.2, 0) is 9.84 Å². The summed E-state index contributed by atoms with van der Waals surface area (Å²) in [5.74, 6) is 4.37. The van der Waals surface area contributed by atoms with E-state index in [4.69, 9.17) is 0 Å². The Morgan fingerprint density at radius 1 is 1.11 bits per heavy atom. The van der Waals surface area contributed by atoms with E-state index in [1.54, 1.807) is 6.92 Å². The van der Waals surface area contributed by atoms with E-state index in [2.05, 4.69) is 5.32 Å². The molecule has 0 aliphatic heterocycles. The number of nitrogens with one attached hydrogen (secondary N) is 1. The number of hydrogen-bond donors (Lipinski definition) is 1. The molecule has 5 atom stereocenters. The molecular weight excluding hydrogens is 246 g/mol. The smallest absolute Gasteiger partial charge is 0.151 e. The quantitative estimate of drug-likeness (QED) is 0.830. The highest BCUT2D eigenvalue weighted by molar-refractivity contribution is 7.91. The van der Waals surface area contributed by atoms with Gasteiger partial charge in [-0.15, -0.1) is 0 Å². The Morgan fingerprint density at radius 2 is 1.89 bits per heavy atom. The molecule has 3 aliphatic carbocycles. The monoisotopic (exact) mass is 271 g/mol. The van der Waals surface area contributed by atoms with Crippen LogP contribution >= 0.6 is 0 Å². The molecule has 0 aromatic heterocycles. The van der Waals surface area contributed by atoms with Crippen molar-refractivity contribution in [3.8, 4) is 0 Å². The van der Waals surface area contributed by atoms with Gasteiger partial charge in [0.15, 0.2) is 9.84 Å². The first-order chi connectivity index (χ1) is 8.61. The van der Waals surface area contributed by atoms with Crippen LogP contribution in [-0.4, -0.2) is 32.5 Å². The molecule has 0 aromatic carbocycles. The summed E-state index contributed by atoms with van der Waals surface area (Å²) in [6.45, 7) is 2.39. The van der Waals surface area contributed by atoms with Crippen LogP contribution in [0.4, 0.5) is 0 Å². The molecule has 0 radical (unpaired) electrons. The molecule has 2 bridgehead atoms. The summed E-state index contributed by atoms with van der Waals surface area (Å²) in [5.41, 5.74) is 0. The SMILES string of the molecule is CCS(=O)(=O)CCN[C@@H]1C[C@@H]2C[C@@H]1[C@@H]1CCC[C@@H]21. The van der Waals surface area contributed by atoms with Gasteiger partial charge in [0, 0.05) is 18.3 Å². The summed E-state index contributed by atoms with van der Waals surface area (Å²) in [7, 11) is -2.80. The van der Waals surface area contributed by atoms with E-state index in [9.17, 15) is 8.42 Å². The second kappa shape index (κ2) is 4.78. The van der Waals surface area contributed by atoms with E-state index in [1.807, 2.05) is 0 Å². The zero-order valence-electron chi connectivity index (χ0n) is 11.3. The maximum absolute atomic E-state index is 11.5. The second-order valence-corrected chi connectivity index (χ2v) is 8.92. The molecule has 3 rings (SSSR count). The summed E-state index contributed by atoms with van der Waals surface area (Å²) < 4.78 is 23.0. The van der Waals surface area contributed by atoms with Crippen LogP contribution in [0.3, 0.4) is 0 Å². The Labute approximate surface area is 111 Å². The zero-order valence-corrected chi connectivity index (χ0v) is 12.1. The minimum atomic E-state index is -2.80. The molecule has 3 aliphatic rings. The fourth-order valence-electron chi connectivity index (χ4n) is 4.85. The largest absolute Gasteiger partial charge is 0.313 e. The summed E-state index contributed by atoms with van der Waals surface area (Å²) in [5, 5.41) is 3.54. The summed E-state index contributed by atoms with van der Waals surface area (Å²) in [6, 6.07) is 0.612. The predicted octanol–water partition coefficient (Wildman–Crippen LogP) is 1.84. The van der Waals surface area contributed by atoms with E-state index in [0.717, 1.165) is 23.7 Å². The van der Waals surface area contributed by atoms with Crippen LogP contribution in [0.1, 0.15) is 39.0 Å². The third-order valence-electron chi connectivity index (χ3n) is 5.69. The van der Waals surface area contributed by atoms with Crippen LogP contribution in [0, 0.1) is 23.7 Å². The lowest BCUT2D eigenvalue weighted by molar-refractivity contribution is 0.211. The minimum absolute atomic E-state index is 0.274. The fraction of sp³-hybridized carbons (Fsp3) is 1.00. The molecule has 0 amide bonds. The van der Waals surface area contributed by atoms with Crippen molar-refractivity contribution in [2.45, 2.75) is 45.1 Å². The Balaban J connectivity index is 1.51. The topological polar surface area (TPSA) is 46.2 Å². The van der Waals surface area contributed by atoms with E-state index in [-0.39, 0.29) is 5.75 Å².